The van der Waals surface area contributed by atoms with Gasteiger partial charge in [-0.3, -0.25) is 4.79 Å². The van der Waals surface area contributed by atoms with Gasteiger partial charge >= 0.3 is 6.18 Å². The minimum absolute atomic E-state index is 0.332. The number of carbonyl (C=O) groups excluding carboxylic acids is 1. The fourth-order valence-electron chi connectivity index (χ4n) is 1.92. The Morgan fingerprint density at radius 3 is 2.33 bits per heavy atom. The normalized spacial score (nSPS) is 12.0. The molecular formula is C15H9Cl2F4NO4S. The number of carbonyl (C=O) groups is 1. The van der Waals surface area contributed by atoms with E-state index in [0.29, 0.717) is 12.3 Å². The number of alkyl halides is 3. The monoisotopic (exact) mass is 445 g/mol. The predicted octanol–water partition coefficient (Wildman–Crippen LogP) is 4.63. The zero-order valence-corrected chi connectivity index (χ0v) is 15.5. The minimum atomic E-state index is -4.74. The first-order valence-corrected chi connectivity index (χ1v) is 9.49. The van der Waals surface area contributed by atoms with Crippen LogP contribution in [0, 0.1) is 5.82 Å². The van der Waals surface area contributed by atoms with Gasteiger partial charge in [-0.2, -0.15) is 13.2 Å². The summed E-state index contributed by atoms with van der Waals surface area (Å²) in [5, 5.41) is -1.28. The van der Waals surface area contributed by atoms with E-state index in [-0.39, 0.29) is 11.5 Å². The van der Waals surface area contributed by atoms with Crippen molar-refractivity contribution in [1.82, 2.24) is 4.72 Å². The lowest BCUT2D eigenvalue weighted by Gasteiger charge is -2.13. The van der Waals surface area contributed by atoms with Gasteiger partial charge < -0.3 is 4.74 Å². The van der Waals surface area contributed by atoms with Crippen LogP contribution in [0.25, 0.3) is 0 Å². The van der Waals surface area contributed by atoms with E-state index in [1.54, 1.807) is 4.72 Å². The fraction of sp³-hybridized carbons (Fsp3) is 0.133. The Hall–Kier alpha value is -2.04. The van der Waals surface area contributed by atoms with Crippen LogP contribution in [-0.4, -0.2) is 20.6 Å². The first kappa shape index (κ1) is 21.3. The molecule has 0 fully saturated rings. The first-order valence-electron chi connectivity index (χ1n) is 6.84. The number of sulfonamides is 1. The quantitative estimate of drug-likeness (QED) is 0.696. The van der Waals surface area contributed by atoms with Crippen LogP contribution >= 0.6 is 23.2 Å². The van der Waals surface area contributed by atoms with Gasteiger partial charge in [-0.05, 0) is 30.3 Å². The molecule has 0 atom stereocenters. The average Bonchev–Trinajstić information content (AvgIpc) is 2.50. The molecule has 5 nitrogen and oxygen atoms in total. The summed E-state index contributed by atoms with van der Waals surface area (Å²) in [5.74, 6) is -3.29. The molecule has 0 aliphatic carbocycles. The molecule has 0 saturated heterocycles. The smallest absolute Gasteiger partial charge is 0.417 e. The molecule has 2 rings (SSSR count). The number of hydrogen-bond acceptors (Lipinski definition) is 4. The Bertz CT molecular complexity index is 1010. The molecule has 2 aromatic carbocycles. The van der Waals surface area contributed by atoms with Crippen LogP contribution in [0.5, 0.6) is 11.5 Å². The molecule has 0 aliphatic heterocycles. The molecule has 1 amide bonds. The van der Waals surface area contributed by atoms with E-state index >= 15 is 0 Å². The Labute approximate surface area is 160 Å². The van der Waals surface area contributed by atoms with Gasteiger partial charge in [-0.25, -0.2) is 17.5 Å². The lowest BCUT2D eigenvalue weighted by atomic mass is 10.2. The highest BCUT2D eigenvalue weighted by molar-refractivity contribution is 7.89. The molecule has 146 valence electrons. The summed E-state index contributed by atoms with van der Waals surface area (Å²) >= 11 is 11.2. The molecule has 0 radical (unpaired) electrons. The Balaban J connectivity index is 2.37. The maximum absolute atomic E-state index is 14.3. The van der Waals surface area contributed by atoms with Gasteiger partial charge in [0.15, 0.2) is 5.82 Å². The van der Waals surface area contributed by atoms with Crippen molar-refractivity contribution in [2.45, 2.75) is 6.18 Å². The van der Waals surface area contributed by atoms with Gasteiger partial charge in [-0.15, -0.1) is 0 Å². The van der Waals surface area contributed by atoms with Gasteiger partial charge in [0.05, 0.1) is 22.4 Å². The largest absolute Gasteiger partial charge is 0.456 e. The van der Waals surface area contributed by atoms with Gasteiger partial charge in [0.1, 0.15) is 16.5 Å². The summed E-state index contributed by atoms with van der Waals surface area (Å²) in [6, 6.07) is 4.52. The molecule has 0 unspecified atom stereocenters. The number of ether oxygens (including phenoxy) is 1. The molecule has 27 heavy (non-hydrogen) atoms. The number of hydrogen-bond donors (Lipinski definition) is 1. The van der Waals surface area contributed by atoms with Crippen molar-refractivity contribution in [3.63, 3.8) is 0 Å². The second-order valence-electron chi connectivity index (χ2n) is 5.18. The van der Waals surface area contributed by atoms with E-state index in [0.717, 1.165) is 24.3 Å². The highest BCUT2D eigenvalue weighted by atomic mass is 35.5. The molecule has 0 aliphatic rings. The lowest BCUT2D eigenvalue weighted by Crippen LogP contribution is -2.30. The van der Waals surface area contributed by atoms with Gasteiger partial charge in [-0.1, -0.05) is 23.2 Å². The SMILES string of the molecule is CS(=O)(=O)NC(=O)c1ccc(Oc2ccc(Cl)c(C(F)(F)F)c2)c(Cl)c1F. The van der Waals surface area contributed by atoms with E-state index < -0.39 is 49.1 Å². The summed E-state index contributed by atoms with van der Waals surface area (Å²) in [4.78, 5) is 11.7. The van der Waals surface area contributed by atoms with Crippen molar-refractivity contribution < 1.29 is 35.5 Å². The molecule has 0 aromatic heterocycles. The van der Waals surface area contributed by atoms with E-state index in [1.807, 2.05) is 0 Å². The number of nitrogens with one attached hydrogen (secondary N) is 1. The van der Waals surface area contributed by atoms with Gasteiger partial charge in [0.2, 0.25) is 10.0 Å². The highest BCUT2D eigenvalue weighted by Crippen LogP contribution is 2.39. The van der Waals surface area contributed by atoms with E-state index in [1.165, 1.54) is 0 Å². The second-order valence-corrected chi connectivity index (χ2v) is 7.72. The van der Waals surface area contributed by atoms with Gasteiger partial charge in [0.25, 0.3) is 5.91 Å². The zero-order valence-electron chi connectivity index (χ0n) is 13.2. The number of rotatable bonds is 4. The Kier molecular flexibility index (Phi) is 5.93. The maximum Gasteiger partial charge on any atom is 0.417 e. The topological polar surface area (TPSA) is 72.5 Å². The summed E-state index contributed by atoms with van der Waals surface area (Å²) in [5.41, 5.74) is -1.85. The van der Waals surface area contributed by atoms with E-state index in [2.05, 4.69) is 0 Å². The summed E-state index contributed by atoms with van der Waals surface area (Å²) in [7, 11) is -3.94. The summed E-state index contributed by atoms with van der Waals surface area (Å²) in [6.07, 6.45) is -4.04. The van der Waals surface area contributed by atoms with Crippen molar-refractivity contribution in [1.29, 1.82) is 0 Å². The van der Waals surface area contributed by atoms with Crippen molar-refractivity contribution >= 4 is 39.1 Å². The van der Waals surface area contributed by atoms with Crippen LogP contribution in [-0.2, 0) is 16.2 Å². The lowest BCUT2D eigenvalue weighted by molar-refractivity contribution is -0.137. The maximum atomic E-state index is 14.3. The molecule has 0 saturated carbocycles. The Morgan fingerprint density at radius 2 is 1.78 bits per heavy atom. The third-order valence-corrected chi connectivity index (χ3v) is 4.28. The number of halogens is 6. The third-order valence-electron chi connectivity index (χ3n) is 3.04. The highest BCUT2D eigenvalue weighted by Gasteiger charge is 2.33. The van der Waals surface area contributed by atoms with E-state index in [9.17, 15) is 30.8 Å². The van der Waals surface area contributed by atoms with Crippen LogP contribution in [0.15, 0.2) is 30.3 Å². The van der Waals surface area contributed by atoms with Crippen molar-refractivity contribution in [2.75, 3.05) is 6.26 Å². The zero-order chi connectivity index (χ0) is 20.6. The summed E-state index contributed by atoms with van der Waals surface area (Å²) < 4.78 is 81.6. The minimum Gasteiger partial charge on any atom is -0.456 e. The fourth-order valence-corrected chi connectivity index (χ4v) is 2.80. The van der Waals surface area contributed by atoms with Crippen LogP contribution in [0.4, 0.5) is 17.6 Å². The van der Waals surface area contributed by atoms with Crippen LogP contribution < -0.4 is 9.46 Å². The number of amides is 1. The van der Waals surface area contributed by atoms with Crippen molar-refractivity contribution in [2.24, 2.45) is 0 Å². The molecule has 12 heteroatoms. The standard InChI is InChI=1S/C15H9Cl2F4NO4S/c1-27(24,25)22-14(23)8-3-5-11(12(17)13(8)18)26-7-2-4-10(16)9(6-7)15(19,20)21/h2-6H,1H3,(H,22,23). The molecule has 1 N–H and O–H groups in total. The molecule has 0 heterocycles. The van der Waals surface area contributed by atoms with Crippen molar-refractivity contribution in [3.8, 4) is 11.5 Å². The molecule has 0 spiro atoms. The third kappa shape index (κ3) is 5.24. The van der Waals surface area contributed by atoms with E-state index in [4.69, 9.17) is 27.9 Å². The summed E-state index contributed by atoms with van der Waals surface area (Å²) in [6.45, 7) is 0. The second kappa shape index (κ2) is 7.53. The Morgan fingerprint density at radius 1 is 1.15 bits per heavy atom. The molecular weight excluding hydrogens is 437 g/mol. The van der Waals surface area contributed by atoms with Crippen LogP contribution in [0.3, 0.4) is 0 Å². The van der Waals surface area contributed by atoms with Crippen molar-refractivity contribution in [3.05, 3.63) is 57.3 Å². The number of benzene rings is 2. The predicted molar refractivity (Wildman–Crippen MR) is 90.2 cm³/mol. The van der Waals surface area contributed by atoms with Crippen LogP contribution in [0.2, 0.25) is 10.0 Å². The average molecular weight is 446 g/mol. The molecule has 0 bridgehead atoms. The first-order chi connectivity index (χ1) is 12.3. The molecule has 2 aromatic rings. The van der Waals surface area contributed by atoms with Gasteiger partial charge in [0, 0.05) is 0 Å². The van der Waals surface area contributed by atoms with Crippen LogP contribution in [0.1, 0.15) is 15.9 Å².